The molecule has 7 heteroatoms. The number of halogens is 1. The van der Waals surface area contributed by atoms with Gasteiger partial charge in [0.25, 0.3) is 5.91 Å². The fourth-order valence-electron chi connectivity index (χ4n) is 3.52. The molecule has 146 valence electrons. The third-order valence-corrected chi connectivity index (χ3v) is 6.63. The van der Waals surface area contributed by atoms with Crippen LogP contribution in [-0.4, -0.2) is 38.4 Å². The summed E-state index contributed by atoms with van der Waals surface area (Å²) in [6.45, 7) is 3.19. The highest BCUT2D eigenvalue weighted by Crippen LogP contribution is 2.26. The van der Waals surface area contributed by atoms with Crippen LogP contribution in [0, 0.1) is 5.92 Å². The summed E-state index contributed by atoms with van der Waals surface area (Å²) < 4.78 is 25.4. The van der Waals surface area contributed by atoms with E-state index in [4.69, 9.17) is 5.73 Å². The van der Waals surface area contributed by atoms with Gasteiger partial charge in [0.1, 0.15) is 0 Å². The van der Waals surface area contributed by atoms with Gasteiger partial charge in [0.15, 0.2) is 9.84 Å². The minimum absolute atomic E-state index is 0. The van der Waals surface area contributed by atoms with Crippen molar-refractivity contribution in [1.29, 1.82) is 0 Å². The van der Waals surface area contributed by atoms with Gasteiger partial charge in [0, 0.05) is 18.2 Å². The Morgan fingerprint density at radius 3 is 2.37 bits per heavy atom. The van der Waals surface area contributed by atoms with E-state index in [1.807, 2.05) is 11.8 Å². The number of rotatable bonds is 5. The van der Waals surface area contributed by atoms with Gasteiger partial charge in [-0.25, -0.2) is 8.42 Å². The van der Waals surface area contributed by atoms with E-state index in [2.05, 4.69) is 0 Å². The van der Waals surface area contributed by atoms with E-state index in [0.29, 0.717) is 30.1 Å². The van der Waals surface area contributed by atoms with Crippen molar-refractivity contribution in [1.82, 2.24) is 4.90 Å². The van der Waals surface area contributed by atoms with E-state index in [1.54, 1.807) is 54.6 Å². The van der Waals surface area contributed by atoms with Crippen molar-refractivity contribution in [2.45, 2.75) is 30.0 Å². The van der Waals surface area contributed by atoms with Gasteiger partial charge in [-0.2, -0.15) is 0 Å². The quantitative estimate of drug-likeness (QED) is 0.824. The second-order valence-electron chi connectivity index (χ2n) is 6.87. The largest absolute Gasteiger partial charge is 0.336 e. The fourth-order valence-corrected chi connectivity index (χ4v) is 4.92. The number of likely N-dealkylation sites (tertiary alicyclic amines) is 1. The molecule has 1 amide bonds. The molecule has 3 rings (SSSR count). The first-order valence-corrected chi connectivity index (χ1v) is 10.4. The average Bonchev–Trinajstić information content (AvgIpc) is 3.03. The van der Waals surface area contributed by atoms with E-state index in [1.165, 1.54) is 0 Å². The van der Waals surface area contributed by atoms with Gasteiger partial charge < -0.3 is 10.6 Å². The van der Waals surface area contributed by atoms with Crippen LogP contribution in [0.3, 0.4) is 0 Å². The molecular formula is C20H25ClN2O3S. The molecule has 2 unspecified atom stereocenters. The van der Waals surface area contributed by atoms with Gasteiger partial charge in [0.05, 0.1) is 10.6 Å². The standard InChI is InChI=1S/C20H24N2O3S.ClH/c1-15-11-16(12-21)13-22(15)20(23)19-10-6-5-7-17(19)14-26(24,25)18-8-3-2-4-9-18;/h2-10,15-16H,11-14,21H2,1H3;1H. The van der Waals surface area contributed by atoms with Crippen LogP contribution in [0.25, 0.3) is 0 Å². The molecule has 0 spiro atoms. The Bertz CT molecular complexity index is 887. The zero-order valence-corrected chi connectivity index (χ0v) is 16.9. The van der Waals surface area contributed by atoms with E-state index >= 15 is 0 Å². The summed E-state index contributed by atoms with van der Waals surface area (Å²) in [6, 6.07) is 15.4. The summed E-state index contributed by atoms with van der Waals surface area (Å²) in [6.07, 6.45) is 0.882. The predicted molar refractivity (Wildman–Crippen MR) is 109 cm³/mol. The summed E-state index contributed by atoms with van der Waals surface area (Å²) in [7, 11) is -3.51. The van der Waals surface area contributed by atoms with Gasteiger partial charge in [0.2, 0.25) is 0 Å². The van der Waals surface area contributed by atoms with Crippen molar-refractivity contribution in [2.24, 2.45) is 11.7 Å². The average molecular weight is 409 g/mol. The Labute approximate surface area is 166 Å². The van der Waals surface area contributed by atoms with E-state index in [0.717, 1.165) is 6.42 Å². The van der Waals surface area contributed by atoms with Crippen LogP contribution < -0.4 is 5.73 Å². The Balaban J connectivity index is 0.00000261. The smallest absolute Gasteiger partial charge is 0.254 e. The lowest BCUT2D eigenvalue weighted by Gasteiger charge is -2.23. The highest BCUT2D eigenvalue weighted by atomic mass is 35.5. The van der Waals surface area contributed by atoms with Crippen molar-refractivity contribution in [2.75, 3.05) is 13.1 Å². The Hall–Kier alpha value is -1.89. The van der Waals surface area contributed by atoms with E-state index in [-0.39, 0.29) is 35.0 Å². The number of hydrogen-bond acceptors (Lipinski definition) is 4. The molecule has 27 heavy (non-hydrogen) atoms. The second kappa shape index (κ2) is 8.87. The monoisotopic (exact) mass is 408 g/mol. The van der Waals surface area contributed by atoms with Crippen molar-refractivity contribution in [3.63, 3.8) is 0 Å². The lowest BCUT2D eigenvalue weighted by Crippen LogP contribution is -2.35. The van der Waals surface area contributed by atoms with Crippen molar-refractivity contribution in [3.05, 3.63) is 65.7 Å². The van der Waals surface area contributed by atoms with Crippen LogP contribution >= 0.6 is 12.4 Å². The molecule has 2 atom stereocenters. The first kappa shape index (κ1) is 21.4. The molecule has 1 aliphatic heterocycles. The van der Waals surface area contributed by atoms with E-state index < -0.39 is 9.84 Å². The topological polar surface area (TPSA) is 80.5 Å². The third-order valence-electron chi connectivity index (χ3n) is 4.95. The van der Waals surface area contributed by atoms with Crippen molar-refractivity contribution in [3.8, 4) is 0 Å². The maximum Gasteiger partial charge on any atom is 0.254 e. The molecular weight excluding hydrogens is 384 g/mol. The number of carbonyl (C=O) groups is 1. The first-order valence-electron chi connectivity index (χ1n) is 8.79. The summed E-state index contributed by atoms with van der Waals surface area (Å²) in [4.78, 5) is 15.1. The number of carbonyl (C=O) groups excluding carboxylic acids is 1. The number of hydrogen-bond donors (Lipinski definition) is 1. The van der Waals surface area contributed by atoms with Gasteiger partial charge in [-0.1, -0.05) is 36.4 Å². The van der Waals surface area contributed by atoms with Crippen LogP contribution in [0.5, 0.6) is 0 Å². The number of benzene rings is 2. The van der Waals surface area contributed by atoms with Crippen LogP contribution in [0.1, 0.15) is 29.3 Å². The highest BCUT2D eigenvalue weighted by molar-refractivity contribution is 7.90. The molecule has 1 saturated heterocycles. The highest BCUT2D eigenvalue weighted by Gasteiger charge is 2.33. The molecule has 2 aromatic rings. The minimum atomic E-state index is -3.51. The maximum absolute atomic E-state index is 13.1. The Kier molecular flexibility index (Phi) is 7.03. The molecule has 1 aliphatic rings. The molecule has 0 saturated carbocycles. The normalized spacial score (nSPS) is 19.6. The summed E-state index contributed by atoms with van der Waals surface area (Å²) in [5, 5.41) is 0. The van der Waals surface area contributed by atoms with Crippen LogP contribution in [0.4, 0.5) is 0 Å². The molecule has 0 radical (unpaired) electrons. The van der Waals surface area contributed by atoms with Gasteiger partial charge in [-0.15, -0.1) is 12.4 Å². The molecule has 0 bridgehead atoms. The van der Waals surface area contributed by atoms with Gasteiger partial charge in [-0.05, 0) is 49.6 Å². The molecule has 5 nitrogen and oxygen atoms in total. The maximum atomic E-state index is 13.1. The molecule has 0 aromatic heterocycles. The van der Waals surface area contributed by atoms with Gasteiger partial charge in [-0.3, -0.25) is 4.79 Å². The third kappa shape index (κ3) is 4.69. The molecule has 2 N–H and O–H groups in total. The van der Waals surface area contributed by atoms with Crippen LogP contribution in [0.2, 0.25) is 0 Å². The molecule has 2 aromatic carbocycles. The zero-order valence-electron chi connectivity index (χ0n) is 15.2. The zero-order chi connectivity index (χ0) is 18.7. The first-order chi connectivity index (χ1) is 12.4. The SMILES string of the molecule is CC1CC(CN)CN1C(=O)c1ccccc1CS(=O)(=O)c1ccccc1.Cl. The summed E-state index contributed by atoms with van der Waals surface area (Å²) in [5.41, 5.74) is 6.74. The Morgan fingerprint density at radius 1 is 1.11 bits per heavy atom. The number of nitrogens with zero attached hydrogens (tertiary/aromatic N) is 1. The molecule has 1 fully saturated rings. The van der Waals surface area contributed by atoms with Crippen LogP contribution in [-0.2, 0) is 15.6 Å². The van der Waals surface area contributed by atoms with Gasteiger partial charge >= 0.3 is 0 Å². The Morgan fingerprint density at radius 2 is 1.74 bits per heavy atom. The van der Waals surface area contributed by atoms with Crippen LogP contribution in [0.15, 0.2) is 59.5 Å². The lowest BCUT2D eigenvalue weighted by molar-refractivity contribution is 0.0742. The summed E-state index contributed by atoms with van der Waals surface area (Å²) in [5.74, 6) is -0.0111. The van der Waals surface area contributed by atoms with E-state index in [9.17, 15) is 13.2 Å². The molecule has 0 aliphatic carbocycles. The number of amides is 1. The second-order valence-corrected chi connectivity index (χ2v) is 8.86. The van der Waals surface area contributed by atoms with Crippen molar-refractivity contribution >= 4 is 28.2 Å². The molecule has 1 heterocycles. The minimum Gasteiger partial charge on any atom is -0.336 e. The fraction of sp³-hybridized carbons (Fsp3) is 0.350. The van der Waals surface area contributed by atoms with Crippen molar-refractivity contribution < 1.29 is 13.2 Å². The lowest BCUT2D eigenvalue weighted by atomic mass is 10.1. The predicted octanol–water partition coefficient (Wildman–Crippen LogP) is 2.89. The number of nitrogens with two attached hydrogens (primary N) is 1. The summed E-state index contributed by atoms with van der Waals surface area (Å²) >= 11 is 0. The number of sulfone groups is 1.